The molecule has 3 rings (SSSR count). The molecule has 22 heavy (non-hydrogen) atoms. The van der Waals surface area contributed by atoms with Gasteiger partial charge in [-0.15, -0.1) is 0 Å². The van der Waals surface area contributed by atoms with Crippen LogP contribution in [0, 0.1) is 5.82 Å². The van der Waals surface area contributed by atoms with E-state index in [4.69, 9.17) is 4.74 Å². The lowest BCUT2D eigenvalue weighted by molar-refractivity contribution is -0.141. The molecule has 0 radical (unpaired) electrons. The Bertz CT molecular complexity index is 517. The van der Waals surface area contributed by atoms with Gasteiger partial charge in [0.05, 0.1) is 12.1 Å². The minimum atomic E-state index is -0.266. The average Bonchev–Trinajstić information content (AvgIpc) is 3.06. The van der Waals surface area contributed by atoms with Gasteiger partial charge in [-0.3, -0.25) is 4.79 Å². The monoisotopic (exact) mass is 306 g/mol. The maximum Gasteiger partial charge on any atom is 0.249 e. The Morgan fingerprint density at radius 1 is 1.36 bits per heavy atom. The van der Waals surface area contributed by atoms with Gasteiger partial charge in [0.1, 0.15) is 12.4 Å². The minimum Gasteiger partial charge on any atom is -0.368 e. The number of rotatable bonds is 4. The predicted molar refractivity (Wildman–Crippen MR) is 81.9 cm³/mol. The molecular formula is C17H23FN2O2. The summed E-state index contributed by atoms with van der Waals surface area (Å²) in [6.07, 6.45) is 4.74. The summed E-state index contributed by atoms with van der Waals surface area (Å²) in [6.45, 7) is 2.18. The second-order valence-electron chi connectivity index (χ2n) is 6.08. The maximum atomic E-state index is 13.5. The van der Waals surface area contributed by atoms with E-state index in [1.165, 1.54) is 25.0 Å². The zero-order valence-corrected chi connectivity index (χ0v) is 12.8. The lowest BCUT2D eigenvalue weighted by Gasteiger charge is -2.36. The number of carbonyl (C=O) groups excluding carboxylic acids is 1. The van der Waals surface area contributed by atoms with Crippen LogP contribution < -0.4 is 5.32 Å². The number of hydrogen-bond acceptors (Lipinski definition) is 3. The highest BCUT2D eigenvalue weighted by Gasteiger charge is 2.28. The quantitative estimate of drug-likeness (QED) is 0.928. The van der Waals surface area contributed by atoms with Crippen LogP contribution in [0.5, 0.6) is 0 Å². The highest BCUT2D eigenvalue weighted by atomic mass is 19.1. The van der Waals surface area contributed by atoms with Crippen LogP contribution in [0.2, 0.25) is 0 Å². The SMILES string of the molecule is O=C(COC1CCCC1)N1CCNCC1c1cccc(F)c1. The van der Waals surface area contributed by atoms with Crippen molar-refractivity contribution in [2.75, 3.05) is 26.2 Å². The van der Waals surface area contributed by atoms with Gasteiger partial charge in [-0.1, -0.05) is 25.0 Å². The Morgan fingerprint density at radius 3 is 2.95 bits per heavy atom. The van der Waals surface area contributed by atoms with Gasteiger partial charge in [0.25, 0.3) is 0 Å². The molecule has 0 aromatic heterocycles. The van der Waals surface area contributed by atoms with E-state index in [0.717, 1.165) is 24.9 Å². The van der Waals surface area contributed by atoms with E-state index < -0.39 is 0 Å². The molecule has 1 aromatic carbocycles. The average molecular weight is 306 g/mol. The first kappa shape index (κ1) is 15.4. The third kappa shape index (κ3) is 3.65. The Morgan fingerprint density at radius 2 is 2.18 bits per heavy atom. The van der Waals surface area contributed by atoms with Gasteiger partial charge in [0.2, 0.25) is 5.91 Å². The molecule has 1 amide bonds. The van der Waals surface area contributed by atoms with Crippen LogP contribution in [-0.2, 0) is 9.53 Å². The van der Waals surface area contributed by atoms with Gasteiger partial charge < -0.3 is 15.0 Å². The summed E-state index contributed by atoms with van der Waals surface area (Å²) < 4.78 is 19.2. The molecule has 5 heteroatoms. The Hall–Kier alpha value is -1.46. The van der Waals surface area contributed by atoms with Crippen molar-refractivity contribution in [3.05, 3.63) is 35.6 Å². The van der Waals surface area contributed by atoms with Crippen molar-refractivity contribution in [2.45, 2.75) is 37.8 Å². The largest absolute Gasteiger partial charge is 0.368 e. The molecule has 0 spiro atoms. The van der Waals surface area contributed by atoms with Crippen LogP contribution in [0.1, 0.15) is 37.3 Å². The van der Waals surface area contributed by atoms with Crippen molar-refractivity contribution in [3.8, 4) is 0 Å². The van der Waals surface area contributed by atoms with Crippen LogP contribution in [0.25, 0.3) is 0 Å². The summed E-state index contributed by atoms with van der Waals surface area (Å²) in [5.41, 5.74) is 0.835. The van der Waals surface area contributed by atoms with Crippen LogP contribution >= 0.6 is 0 Å². The summed E-state index contributed by atoms with van der Waals surface area (Å²) in [4.78, 5) is 14.3. The number of hydrogen-bond donors (Lipinski definition) is 1. The summed E-state index contributed by atoms with van der Waals surface area (Å²) in [5, 5.41) is 3.28. The van der Waals surface area contributed by atoms with Gasteiger partial charge in [-0.25, -0.2) is 4.39 Å². The number of benzene rings is 1. The van der Waals surface area contributed by atoms with Crippen LogP contribution in [0.3, 0.4) is 0 Å². The topological polar surface area (TPSA) is 41.6 Å². The summed E-state index contributed by atoms with van der Waals surface area (Å²) >= 11 is 0. The number of nitrogens with one attached hydrogen (secondary N) is 1. The van der Waals surface area contributed by atoms with Crippen molar-refractivity contribution in [1.29, 1.82) is 0 Å². The fourth-order valence-electron chi connectivity index (χ4n) is 3.34. The molecule has 2 fully saturated rings. The second kappa shape index (κ2) is 7.20. The highest BCUT2D eigenvalue weighted by molar-refractivity contribution is 5.78. The lowest BCUT2D eigenvalue weighted by Crippen LogP contribution is -2.50. The van der Waals surface area contributed by atoms with Crippen molar-refractivity contribution in [1.82, 2.24) is 10.2 Å². The molecule has 120 valence electrons. The molecular weight excluding hydrogens is 283 g/mol. The van der Waals surface area contributed by atoms with Gasteiger partial charge in [-0.05, 0) is 30.5 Å². The van der Waals surface area contributed by atoms with Gasteiger partial charge in [0, 0.05) is 19.6 Å². The maximum absolute atomic E-state index is 13.5. The molecule has 0 bridgehead atoms. The first-order valence-electron chi connectivity index (χ1n) is 8.11. The highest BCUT2D eigenvalue weighted by Crippen LogP contribution is 2.24. The fourth-order valence-corrected chi connectivity index (χ4v) is 3.34. The first-order valence-corrected chi connectivity index (χ1v) is 8.11. The Kier molecular flexibility index (Phi) is 5.05. The van der Waals surface area contributed by atoms with E-state index in [9.17, 15) is 9.18 Å². The summed E-state index contributed by atoms with van der Waals surface area (Å²) in [7, 11) is 0. The van der Waals surface area contributed by atoms with Gasteiger partial charge in [0.15, 0.2) is 0 Å². The van der Waals surface area contributed by atoms with Crippen molar-refractivity contribution < 1.29 is 13.9 Å². The van der Waals surface area contributed by atoms with E-state index >= 15 is 0 Å². The molecule has 1 saturated carbocycles. The number of piperazine rings is 1. The number of ether oxygens (including phenoxy) is 1. The van der Waals surface area contributed by atoms with E-state index in [1.54, 1.807) is 6.07 Å². The number of nitrogens with zero attached hydrogens (tertiary/aromatic N) is 1. The van der Waals surface area contributed by atoms with Crippen molar-refractivity contribution >= 4 is 5.91 Å². The van der Waals surface area contributed by atoms with Crippen molar-refractivity contribution in [3.63, 3.8) is 0 Å². The van der Waals surface area contributed by atoms with Crippen molar-refractivity contribution in [2.24, 2.45) is 0 Å². The third-order valence-corrected chi connectivity index (χ3v) is 4.54. The zero-order valence-electron chi connectivity index (χ0n) is 12.8. The first-order chi connectivity index (χ1) is 10.7. The van der Waals surface area contributed by atoms with Crippen LogP contribution in [-0.4, -0.2) is 43.2 Å². The molecule has 4 nitrogen and oxygen atoms in total. The van der Waals surface area contributed by atoms with Crippen LogP contribution in [0.4, 0.5) is 4.39 Å². The molecule has 1 aliphatic carbocycles. The molecule has 1 N–H and O–H groups in total. The molecule has 1 atom stereocenters. The number of carbonyl (C=O) groups is 1. The number of amides is 1. The molecule has 1 saturated heterocycles. The fraction of sp³-hybridized carbons (Fsp3) is 0.588. The molecule has 1 aliphatic heterocycles. The van der Waals surface area contributed by atoms with Gasteiger partial charge in [-0.2, -0.15) is 0 Å². The second-order valence-corrected chi connectivity index (χ2v) is 6.08. The van der Waals surface area contributed by atoms with E-state index in [2.05, 4.69) is 5.32 Å². The van der Waals surface area contributed by atoms with Gasteiger partial charge >= 0.3 is 0 Å². The predicted octanol–water partition coefficient (Wildman–Crippen LogP) is 2.26. The Balaban J connectivity index is 1.65. The summed E-state index contributed by atoms with van der Waals surface area (Å²) in [5.74, 6) is -0.264. The van der Waals surface area contributed by atoms with E-state index in [1.807, 2.05) is 11.0 Å². The molecule has 2 aliphatic rings. The smallest absolute Gasteiger partial charge is 0.249 e. The molecule has 1 unspecified atom stereocenters. The standard InChI is InChI=1S/C17H23FN2O2/c18-14-5-3-4-13(10-14)16-11-19-8-9-20(16)17(21)12-22-15-6-1-2-7-15/h3-5,10,15-16,19H,1-2,6-9,11-12H2. The van der Waals surface area contributed by atoms with Crippen LogP contribution in [0.15, 0.2) is 24.3 Å². The number of halogens is 1. The molecule has 1 aromatic rings. The molecule has 1 heterocycles. The van der Waals surface area contributed by atoms with E-state index in [0.29, 0.717) is 13.1 Å². The third-order valence-electron chi connectivity index (χ3n) is 4.54. The lowest BCUT2D eigenvalue weighted by atomic mass is 10.0. The minimum absolute atomic E-state index is 0.00246. The summed E-state index contributed by atoms with van der Waals surface area (Å²) in [6, 6.07) is 6.38. The Labute approximate surface area is 130 Å². The normalized spacial score (nSPS) is 23.0. The van der Waals surface area contributed by atoms with E-state index in [-0.39, 0.29) is 30.5 Å². The zero-order chi connectivity index (χ0) is 15.4.